The quantitative estimate of drug-likeness (QED) is 0.655. The van der Waals surface area contributed by atoms with Gasteiger partial charge in [0.15, 0.2) is 5.82 Å². The summed E-state index contributed by atoms with van der Waals surface area (Å²) in [5, 5.41) is 7.50. The molecule has 1 saturated heterocycles. The largest absolute Gasteiger partial charge is 0.378 e. The van der Waals surface area contributed by atoms with Crippen LogP contribution in [-0.2, 0) is 4.74 Å². The molecule has 70 valence electrons. The molecule has 1 aliphatic heterocycles. The number of ether oxygens (including phenoxy) is 1. The maximum Gasteiger partial charge on any atom is 0.244 e. The molecule has 0 bridgehead atoms. The molecule has 0 unspecified atom stereocenters. The molecule has 1 aromatic rings. The molecule has 0 saturated carbocycles. The molecule has 1 aliphatic rings. The van der Waals surface area contributed by atoms with Gasteiger partial charge in [-0.25, -0.2) is 0 Å². The number of aromatic nitrogens is 3. The van der Waals surface area contributed by atoms with Gasteiger partial charge in [0.25, 0.3) is 0 Å². The number of halogens is 1. The smallest absolute Gasteiger partial charge is 0.244 e. The molecule has 5 nitrogen and oxygen atoms in total. The maximum atomic E-state index is 5.62. The standard InChI is InChI=1S/C7H9ClN4O/c8-7-10-6(5-9-11-7)12-1-3-13-4-2-12/h5H,1-4H2. The van der Waals surface area contributed by atoms with E-state index < -0.39 is 0 Å². The monoisotopic (exact) mass is 200 g/mol. The fourth-order valence-corrected chi connectivity index (χ4v) is 1.35. The highest BCUT2D eigenvalue weighted by molar-refractivity contribution is 6.28. The van der Waals surface area contributed by atoms with Crippen LogP contribution in [0, 0.1) is 0 Å². The summed E-state index contributed by atoms with van der Waals surface area (Å²) in [6, 6.07) is 0. The van der Waals surface area contributed by atoms with Crippen LogP contribution in [0.3, 0.4) is 0 Å². The zero-order chi connectivity index (χ0) is 9.10. The van der Waals surface area contributed by atoms with Crippen molar-refractivity contribution in [3.05, 3.63) is 11.5 Å². The van der Waals surface area contributed by atoms with Crippen molar-refractivity contribution in [1.29, 1.82) is 0 Å². The average Bonchev–Trinajstić information content (AvgIpc) is 2.19. The minimum atomic E-state index is 0.184. The van der Waals surface area contributed by atoms with E-state index in [1.807, 2.05) is 0 Å². The van der Waals surface area contributed by atoms with Gasteiger partial charge in [0.1, 0.15) is 0 Å². The predicted octanol–water partition coefficient (Wildman–Crippen LogP) is 0.362. The summed E-state index contributed by atoms with van der Waals surface area (Å²) in [6.45, 7) is 3.10. The third-order valence-electron chi connectivity index (χ3n) is 1.86. The summed E-state index contributed by atoms with van der Waals surface area (Å²) in [5.41, 5.74) is 0. The fraction of sp³-hybridized carbons (Fsp3) is 0.571. The summed E-state index contributed by atoms with van der Waals surface area (Å²) in [6.07, 6.45) is 1.61. The highest BCUT2D eigenvalue weighted by Crippen LogP contribution is 2.11. The van der Waals surface area contributed by atoms with E-state index in [0.29, 0.717) is 0 Å². The van der Waals surface area contributed by atoms with Gasteiger partial charge in [0.2, 0.25) is 5.28 Å². The number of nitrogens with zero attached hydrogens (tertiary/aromatic N) is 4. The molecule has 2 rings (SSSR count). The second kappa shape index (κ2) is 3.85. The Balaban J connectivity index is 2.14. The Bertz CT molecular complexity index is 290. The molecule has 0 atom stereocenters. The molecule has 13 heavy (non-hydrogen) atoms. The molecule has 6 heteroatoms. The Labute approximate surface area is 80.7 Å². The number of morpholine rings is 1. The first-order valence-electron chi connectivity index (χ1n) is 4.04. The lowest BCUT2D eigenvalue weighted by Gasteiger charge is -2.27. The summed E-state index contributed by atoms with van der Waals surface area (Å²) in [7, 11) is 0. The molecule has 0 aromatic carbocycles. The van der Waals surface area contributed by atoms with E-state index in [2.05, 4.69) is 20.1 Å². The second-order valence-electron chi connectivity index (χ2n) is 2.68. The SMILES string of the molecule is Clc1nncc(N2CCOCC2)n1. The van der Waals surface area contributed by atoms with E-state index in [9.17, 15) is 0 Å². The minimum Gasteiger partial charge on any atom is -0.378 e. The lowest BCUT2D eigenvalue weighted by Crippen LogP contribution is -2.36. The number of hydrogen-bond donors (Lipinski definition) is 0. The molecule has 1 fully saturated rings. The van der Waals surface area contributed by atoms with E-state index >= 15 is 0 Å². The molecular weight excluding hydrogens is 192 g/mol. The van der Waals surface area contributed by atoms with Gasteiger partial charge in [-0.05, 0) is 11.6 Å². The van der Waals surface area contributed by atoms with E-state index in [1.54, 1.807) is 6.20 Å². The van der Waals surface area contributed by atoms with Crippen molar-refractivity contribution in [3.8, 4) is 0 Å². The lowest BCUT2D eigenvalue weighted by atomic mass is 10.4. The molecule has 0 aliphatic carbocycles. The topological polar surface area (TPSA) is 51.1 Å². The van der Waals surface area contributed by atoms with Gasteiger partial charge >= 0.3 is 0 Å². The first kappa shape index (κ1) is 8.65. The van der Waals surface area contributed by atoms with Crippen LogP contribution in [0.25, 0.3) is 0 Å². The van der Waals surface area contributed by atoms with Gasteiger partial charge in [-0.15, -0.1) is 5.10 Å². The Morgan fingerprint density at radius 3 is 2.85 bits per heavy atom. The Morgan fingerprint density at radius 1 is 1.38 bits per heavy atom. The fourth-order valence-electron chi connectivity index (χ4n) is 1.22. The van der Waals surface area contributed by atoms with Crippen LogP contribution in [0.15, 0.2) is 6.20 Å². The first-order valence-corrected chi connectivity index (χ1v) is 4.42. The summed E-state index contributed by atoms with van der Waals surface area (Å²) < 4.78 is 5.21. The van der Waals surface area contributed by atoms with Crippen LogP contribution in [0.4, 0.5) is 5.82 Å². The van der Waals surface area contributed by atoms with E-state index in [1.165, 1.54) is 0 Å². The zero-order valence-electron chi connectivity index (χ0n) is 6.98. The highest BCUT2D eigenvalue weighted by Gasteiger charge is 2.12. The van der Waals surface area contributed by atoms with Gasteiger partial charge in [-0.2, -0.15) is 10.1 Å². The molecule has 0 amide bonds. The van der Waals surface area contributed by atoms with Crippen molar-refractivity contribution in [1.82, 2.24) is 15.2 Å². The van der Waals surface area contributed by atoms with Gasteiger partial charge in [-0.3, -0.25) is 0 Å². The van der Waals surface area contributed by atoms with Crippen LogP contribution in [0.1, 0.15) is 0 Å². The van der Waals surface area contributed by atoms with Gasteiger partial charge in [-0.1, -0.05) is 0 Å². The van der Waals surface area contributed by atoms with Crippen molar-refractivity contribution in [2.75, 3.05) is 31.2 Å². The van der Waals surface area contributed by atoms with Crippen LogP contribution in [-0.4, -0.2) is 41.5 Å². The maximum absolute atomic E-state index is 5.62. The number of hydrogen-bond acceptors (Lipinski definition) is 5. The summed E-state index contributed by atoms with van der Waals surface area (Å²) in [5.74, 6) is 0.767. The molecular formula is C7H9ClN4O. The minimum absolute atomic E-state index is 0.184. The van der Waals surface area contributed by atoms with Gasteiger partial charge < -0.3 is 9.64 Å². The van der Waals surface area contributed by atoms with Crippen molar-refractivity contribution < 1.29 is 4.74 Å². The predicted molar refractivity (Wildman–Crippen MR) is 47.9 cm³/mol. The average molecular weight is 201 g/mol. The Morgan fingerprint density at radius 2 is 2.15 bits per heavy atom. The molecule has 2 heterocycles. The first-order chi connectivity index (χ1) is 6.36. The zero-order valence-corrected chi connectivity index (χ0v) is 7.74. The summed E-state index contributed by atoms with van der Waals surface area (Å²) >= 11 is 5.62. The molecule has 0 N–H and O–H groups in total. The van der Waals surface area contributed by atoms with E-state index in [4.69, 9.17) is 16.3 Å². The molecule has 0 radical (unpaired) electrons. The van der Waals surface area contributed by atoms with Crippen LogP contribution >= 0.6 is 11.6 Å². The second-order valence-corrected chi connectivity index (χ2v) is 3.02. The van der Waals surface area contributed by atoms with E-state index in [-0.39, 0.29) is 5.28 Å². The van der Waals surface area contributed by atoms with Crippen LogP contribution in [0.5, 0.6) is 0 Å². The Hall–Kier alpha value is -0.940. The number of anilines is 1. The number of rotatable bonds is 1. The van der Waals surface area contributed by atoms with Gasteiger partial charge in [0.05, 0.1) is 19.4 Å². The van der Waals surface area contributed by atoms with Gasteiger partial charge in [0, 0.05) is 13.1 Å². The highest BCUT2D eigenvalue weighted by atomic mass is 35.5. The lowest BCUT2D eigenvalue weighted by molar-refractivity contribution is 0.122. The molecule has 0 spiro atoms. The third kappa shape index (κ3) is 2.05. The van der Waals surface area contributed by atoms with Crippen molar-refractivity contribution >= 4 is 17.4 Å². The Kier molecular flexibility index (Phi) is 2.56. The van der Waals surface area contributed by atoms with Crippen LogP contribution < -0.4 is 4.90 Å². The van der Waals surface area contributed by atoms with Crippen LogP contribution in [0.2, 0.25) is 5.28 Å². The molecule has 1 aromatic heterocycles. The normalized spacial score (nSPS) is 17.5. The van der Waals surface area contributed by atoms with E-state index in [0.717, 1.165) is 32.1 Å². The third-order valence-corrected chi connectivity index (χ3v) is 2.02. The van der Waals surface area contributed by atoms with Crippen molar-refractivity contribution in [2.45, 2.75) is 0 Å². The van der Waals surface area contributed by atoms with Crippen molar-refractivity contribution in [2.24, 2.45) is 0 Å². The van der Waals surface area contributed by atoms with Crippen molar-refractivity contribution in [3.63, 3.8) is 0 Å². The summed E-state index contributed by atoms with van der Waals surface area (Å²) in [4.78, 5) is 6.13.